The van der Waals surface area contributed by atoms with Crippen LogP contribution in [0, 0.1) is 11.7 Å². The summed E-state index contributed by atoms with van der Waals surface area (Å²) in [5.74, 6) is 0.464. The van der Waals surface area contributed by atoms with E-state index in [2.05, 4.69) is 22.2 Å². The minimum Gasteiger partial charge on any atom is -0.307 e. The lowest BCUT2D eigenvalue weighted by atomic mass is 9.93. The van der Waals surface area contributed by atoms with Crippen LogP contribution in [-0.4, -0.2) is 9.97 Å². The van der Waals surface area contributed by atoms with Gasteiger partial charge in [0.05, 0.1) is 10.4 Å². The van der Waals surface area contributed by atoms with Gasteiger partial charge in [-0.1, -0.05) is 24.3 Å². The van der Waals surface area contributed by atoms with Gasteiger partial charge in [0.1, 0.15) is 11.3 Å². The Hall–Kier alpha value is -1.53. The second-order valence-corrected chi connectivity index (χ2v) is 7.58. The molecule has 3 nitrogen and oxygen atoms in total. The van der Waals surface area contributed by atoms with Crippen LogP contribution in [0.3, 0.4) is 0 Å². The van der Waals surface area contributed by atoms with E-state index in [1.807, 2.05) is 6.07 Å². The lowest BCUT2D eigenvalue weighted by Gasteiger charge is -2.15. The molecule has 108 valence electrons. The zero-order valence-corrected chi connectivity index (χ0v) is 13.2. The Morgan fingerprint density at radius 2 is 2.10 bits per heavy atom. The van der Waals surface area contributed by atoms with Gasteiger partial charge in [-0.3, -0.25) is 0 Å². The number of anilines is 2. The predicted molar refractivity (Wildman–Crippen MR) is 86.2 cm³/mol. The van der Waals surface area contributed by atoms with Crippen LogP contribution in [-0.2, 0) is 12.8 Å². The van der Waals surface area contributed by atoms with E-state index < -0.39 is 0 Å². The third-order valence-electron chi connectivity index (χ3n) is 3.77. The Bertz CT molecular complexity index is 808. The number of hydrogen-bond acceptors (Lipinski definition) is 5. The predicted octanol–water partition coefficient (Wildman–Crippen LogP) is 4.76. The molecule has 1 N–H and O–H groups in total. The van der Waals surface area contributed by atoms with E-state index in [0.717, 1.165) is 28.6 Å². The van der Waals surface area contributed by atoms with Crippen LogP contribution in [0.5, 0.6) is 0 Å². The summed E-state index contributed by atoms with van der Waals surface area (Å²) in [6.07, 6.45) is 3.38. The molecule has 1 atom stereocenters. The summed E-state index contributed by atoms with van der Waals surface area (Å²) in [6.45, 7) is 2.28. The molecule has 0 unspecified atom stereocenters. The average Bonchev–Trinajstić information content (AvgIpc) is 3.02. The smallest absolute Gasteiger partial charge is 0.190 e. The molecule has 1 aliphatic rings. The van der Waals surface area contributed by atoms with Crippen molar-refractivity contribution in [2.75, 3.05) is 5.32 Å². The van der Waals surface area contributed by atoms with E-state index in [-0.39, 0.29) is 5.82 Å². The van der Waals surface area contributed by atoms with E-state index in [9.17, 15) is 4.39 Å². The monoisotopic (exact) mass is 319 g/mol. The maximum atomic E-state index is 13.7. The number of aryl methyl sites for hydroxylation is 1. The number of halogens is 1. The number of thiazole rings is 2. The van der Waals surface area contributed by atoms with Gasteiger partial charge in [0, 0.05) is 4.88 Å². The van der Waals surface area contributed by atoms with Crippen molar-refractivity contribution in [2.24, 2.45) is 5.92 Å². The van der Waals surface area contributed by atoms with Crippen molar-refractivity contribution < 1.29 is 4.39 Å². The summed E-state index contributed by atoms with van der Waals surface area (Å²) in [5.41, 5.74) is 1.65. The average molecular weight is 319 g/mol. The number of fused-ring (bicyclic) bond motifs is 2. The summed E-state index contributed by atoms with van der Waals surface area (Å²) in [6, 6.07) is 5.04. The van der Waals surface area contributed by atoms with E-state index in [0.29, 0.717) is 10.6 Å². The molecule has 0 saturated heterocycles. The number of hydrogen-bond donors (Lipinski definition) is 1. The van der Waals surface area contributed by atoms with Gasteiger partial charge in [-0.15, -0.1) is 11.3 Å². The highest BCUT2D eigenvalue weighted by atomic mass is 32.1. The van der Waals surface area contributed by atoms with Crippen molar-refractivity contribution in [3.63, 3.8) is 0 Å². The normalized spacial score (nSPS) is 17.9. The quantitative estimate of drug-likeness (QED) is 0.740. The summed E-state index contributed by atoms with van der Waals surface area (Å²) in [7, 11) is 0. The van der Waals surface area contributed by atoms with Gasteiger partial charge < -0.3 is 5.32 Å². The van der Waals surface area contributed by atoms with Crippen LogP contribution in [0.2, 0.25) is 0 Å². The summed E-state index contributed by atoms with van der Waals surface area (Å²) < 4.78 is 14.5. The largest absolute Gasteiger partial charge is 0.307 e. The summed E-state index contributed by atoms with van der Waals surface area (Å²) in [4.78, 5) is 10.4. The van der Waals surface area contributed by atoms with Gasteiger partial charge in [0.25, 0.3) is 0 Å². The first kappa shape index (κ1) is 13.2. The van der Waals surface area contributed by atoms with Crippen molar-refractivity contribution in [2.45, 2.75) is 26.2 Å². The SMILES string of the molecule is C[C@H]1CCc2nc(Nc3nc4c(F)cccc4s3)sc2C1. The highest BCUT2D eigenvalue weighted by Gasteiger charge is 2.20. The zero-order chi connectivity index (χ0) is 14.4. The van der Waals surface area contributed by atoms with Crippen molar-refractivity contribution in [1.82, 2.24) is 9.97 Å². The number of nitrogens with one attached hydrogen (secondary N) is 1. The first-order chi connectivity index (χ1) is 10.2. The van der Waals surface area contributed by atoms with E-state index in [1.165, 1.54) is 34.4 Å². The highest BCUT2D eigenvalue weighted by molar-refractivity contribution is 7.22. The maximum Gasteiger partial charge on any atom is 0.190 e. The van der Waals surface area contributed by atoms with Gasteiger partial charge in [-0.05, 0) is 37.3 Å². The molecule has 2 aromatic heterocycles. The lowest BCUT2D eigenvalue weighted by Crippen LogP contribution is -2.09. The molecule has 0 aliphatic heterocycles. The molecule has 0 fully saturated rings. The molecule has 3 aromatic rings. The van der Waals surface area contributed by atoms with Crippen LogP contribution in [0.1, 0.15) is 23.9 Å². The van der Waals surface area contributed by atoms with Gasteiger partial charge in [0.15, 0.2) is 10.3 Å². The number of rotatable bonds is 2. The highest BCUT2D eigenvalue weighted by Crippen LogP contribution is 2.35. The lowest BCUT2D eigenvalue weighted by molar-refractivity contribution is 0.502. The molecular formula is C15H14FN3S2. The van der Waals surface area contributed by atoms with Gasteiger partial charge >= 0.3 is 0 Å². The molecule has 4 rings (SSSR count). The molecular weight excluding hydrogens is 305 g/mol. The minimum atomic E-state index is -0.274. The van der Waals surface area contributed by atoms with Crippen molar-refractivity contribution in [3.8, 4) is 0 Å². The molecule has 0 radical (unpaired) electrons. The maximum absolute atomic E-state index is 13.7. The summed E-state index contributed by atoms with van der Waals surface area (Å²) in [5, 5.41) is 4.81. The van der Waals surface area contributed by atoms with Crippen LogP contribution in [0.4, 0.5) is 14.7 Å². The fraction of sp³-hybridized carbons (Fsp3) is 0.333. The van der Waals surface area contributed by atoms with Gasteiger partial charge in [-0.2, -0.15) is 0 Å². The molecule has 0 saturated carbocycles. The van der Waals surface area contributed by atoms with E-state index in [4.69, 9.17) is 0 Å². The molecule has 1 aliphatic carbocycles. The van der Waals surface area contributed by atoms with E-state index in [1.54, 1.807) is 17.4 Å². The molecule has 2 heterocycles. The Morgan fingerprint density at radius 3 is 2.95 bits per heavy atom. The van der Waals surface area contributed by atoms with E-state index >= 15 is 0 Å². The molecule has 0 bridgehead atoms. The number of para-hydroxylation sites is 1. The topological polar surface area (TPSA) is 37.8 Å². The molecule has 21 heavy (non-hydrogen) atoms. The number of nitrogens with zero attached hydrogens (tertiary/aromatic N) is 2. The number of aromatic nitrogens is 2. The zero-order valence-electron chi connectivity index (χ0n) is 11.5. The van der Waals surface area contributed by atoms with Crippen molar-refractivity contribution >= 4 is 43.2 Å². The van der Waals surface area contributed by atoms with Crippen molar-refractivity contribution in [1.29, 1.82) is 0 Å². The molecule has 0 spiro atoms. The standard InChI is InChI=1S/C15H14FN3S2/c1-8-5-6-10-12(7-8)21-14(17-10)19-15-18-13-9(16)3-2-4-11(13)20-15/h2-4,8H,5-7H2,1H3,(H,17,18,19)/t8-/m0/s1. The van der Waals surface area contributed by atoms with Crippen LogP contribution in [0.15, 0.2) is 18.2 Å². The van der Waals surface area contributed by atoms with Gasteiger partial charge in [0.2, 0.25) is 0 Å². The fourth-order valence-corrected chi connectivity index (χ4v) is 4.77. The Labute approximate surface area is 129 Å². The molecule has 0 amide bonds. The Kier molecular flexibility index (Phi) is 3.15. The minimum absolute atomic E-state index is 0.274. The Morgan fingerprint density at radius 1 is 1.24 bits per heavy atom. The van der Waals surface area contributed by atoms with Gasteiger partial charge in [-0.25, -0.2) is 14.4 Å². The first-order valence-electron chi connectivity index (χ1n) is 6.99. The second kappa shape index (κ2) is 5.03. The number of benzene rings is 1. The summed E-state index contributed by atoms with van der Waals surface area (Å²) >= 11 is 3.16. The first-order valence-corrected chi connectivity index (χ1v) is 8.63. The Balaban J connectivity index is 1.64. The van der Waals surface area contributed by atoms with Crippen LogP contribution in [0.25, 0.3) is 10.2 Å². The molecule has 1 aromatic carbocycles. The van der Waals surface area contributed by atoms with Crippen LogP contribution >= 0.6 is 22.7 Å². The molecule has 6 heteroatoms. The van der Waals surface area contributed by atoms with Crippen molar-refractivity contribution in [3.05, 3.63) is 34.6 Å². The fourth-order valence-electron chi connectivity index (χ4n) is 2.65. The third kappa shape index (κ3) is 2.42. The second-order valence-electron chi connectivity index (χ2n) is 5.47. The third-order valence-corrected chi connectivity index (χ3v) is 5.74. The van der Waals surface area contributed by atoms with Crippen LogP contribution < -0.4 is 5.32 Å².